The number of carbonyl (C=O) groups excluding carboxylic acids is 1. The van der Waals surface area contributed by atoms with Crippen molar-refractivity contribution in [1.82, 2.24) is 10.2 Å². The van der Waals surface area contributed by atoms with Crippen LogP contribution in [0.4, 0.5) is 4.79 Å². The number of aliphatic hydroxyl groups is 1. The highest BCUT2D eigenvalue weighted by Gasteiger charge is 2.60. The molecule has 138 valence electrons. The predicted octanol–water partition coefficient (Wildman–Crippen LogP) is 2.69. The minimum Gasteiger partial charge on any atom is -0.467 e. The molecule has 1 aromatic heterocycles. The molecule has 6 nitrogen and oxygen atoms in total. The van der Waals surface area contributed by atoms with Crippen LogP contribution in [0.2, 0.25) is 0 Å². The molecule has 2 aliphatic heterocycles. The lowest BCUT2D eigenvalue weighted by molar-refractivity contribution is -0.109. The van der Waals surface area contributed by atoms with Gasteiger partial charge in [-0.1, -0.05) is 13.8 Å². The Hall–Kier alpha value is -1.53. The fourth-order valence-electron chi connectivity index (χ4n) is 5.04. The van der Waals surface area contributed by atoms with Crippen LogP contribution in [-0.4, -0.2) is 47.4 Å². The third kappa shape index (κ3) is 2.85. The van der Waals surface area contributed by atoms with Gasteiger partial charge < -0.3 is 24.5 Å². The lowest BCUT2D eigenvalue weighted by atomic mass is 9.57. The first-order chi connectivity index (χ1) is 12.0. The summed E-state index contributed by atoms with van der Waals surface area (Å²) in [5.74, 6) is 1.01. The number of amides is 2. The molecule has 25 heavy (non-hydrogen) atoms. The summed E-state index contributed by atoms with van der Waals surface area (Å²) in [5.41, 5.74) is -0.0142. The zero-order valence-electron chi connectivity index (χ0n) is 15.0. The number of urea groups is 1. The molecule has 1 saturated carbocycles. The van der Waals surface area contributed by atoms with Crippen LogP contribution in [-0.2, 0) is 4.74 Å². The lowest BCUT2D eigenvalue weighted by Gasteiger charge is -2.54. The monoisotopic (exact) mass is 348 g/mol. The number of fused-ring (bicyclic) bond motifs is 1. The first-order valence-corrected chi connectivity index (χ1v) is 9.38. The fourth-order valence-corrected chi connectivity index (χ4v) is 5.04. The maximum absolute atomic E-state index is 12.9. The summed E-state index contributed by atoms with van der Waals surface area (Å²) in [6.07, 6.45) is 4.62. The average Bonchev–Trinajstić information content (AvgIpc) is 3.31. The van der Waals surface area contributed by atoms with Crippen molar-refractivity contribution in [2.75, 3.05) is 13.2 Å². The van der Waals surface area contributed by atoms with Gasteiger partial charge in [0.2, 0.25) is 0 Å². The highest BCUT2D eigenvalue weighted by Crippen LogP contribution is 2.52. The van der Waals surface area contributed by atoms with E-state index < -0.39 is 6.10 Å². The molecule has 0 bridgehead atoms. The Morgan fingerprint density at radius 3 is 3.08 bits per heavy atom. The molecule has 1 aliphatic carbocycles. The largest absolute Gasteiger partial charge is 0.467 e. The molecule has 5 atom stereocenters. The van der Waals surface area contributed by atoms with Crippen molar-refractivity contribution in [3.05, 3.63) is 24.2 Å². The summed E-state index contributed by atoms with van der Waals surface area (Å²) in [5, 5.41) is 13.6. The number of hydrogen-bond acceptors (Lipinski definition) is 4. The predicted molar refractivity (Wildman–Crippen MR) is 92.0 cm³/mol. The van der Waals surface area contributed by atoms with E-state index in [2.05, 4.69) is 19.2 Å². The molecule has 2 saturated heterocycles. The number of ether oxygens (including phenoxy) is 1. The molecule has 3 aliphatic rings. The van der Waals surface area contributed by atoms with Crippen molar-refractivity contribution in [2.24, 2.45) is 11.3 Å². The van der Waals surface area contributed by atoms with Gasteiger partial charge in [-0.3, -0.25) is 0 Å². The number of nitrogens with zero attached hydrogens (tertiary/aromatic N) is 1. The summed E-state index contributed by atoms with van der Waals surface area (Å²) in [4.78, 5) is 14.8. The van der Waals surface area contributed by atoms with Gasteiger partial charge in [-0.25, -0.2) is 4.79 Å². The zero-order chi connectivity index (χ0) is 17.6. The molecule has 3 heterocycles. The van der Waals surface area contributed by atoms with Gasteiger partial charge in [0.25, 0.3) is 0 Å². The van der Waals surface area contributed by atoms with E-state index in [1.54, 1.807) is 18.4 Å². The number of aliphatic hydroxyl groups excluding tert-OH is 1. The Balaban J connectivity index is 1.38. The van der Waals surface area contributed by atoms with E-state index in [0.717, 1.165) is 32.4 Å². The molecule has 1 aromatic rings. The van der Waals surface area contributed by atoms with Gasteiger partial charge in [0.15, 0.2) is 0 Å². The quantitative estimate of drug-likeness (QED) is 0.877. The number of rotatable bonds is 4. The van der Waals surface area contributed by atoms with Crippen LogP contribution >= 0.6 is 0 Å². The van der Waals surface area contributed by atoms with Gasteiger partial charge in [-0.05, 0) is 31.4 Å². The third-order valence-corrected chi connectivity index (χ3v) is 6.38. The molecule has 0 unspecified atom stereocenters. The standard InChI is InChI=1S/C19H28N2O4/c1-19(2)16(13-7-10-25-17(13)19)20-18(23)21-8-3-5-12(21)11-14(22)15-6-4-9-24-15/h4,6,9,12-14,16-17,22H,3,5,7-8,10-11H2,1-2H3,(H,20,23)/t12-,13-,14+,16-,17-/m1/s1. The van der Waals surface area contributed by atoms with Crippen molar-refractivity contribution in [3.63, 3.8) is 0 Å². The smallest absolute Gasteiger partial charge is 0.317 e. The molecule has 4 rings (SSSR count). The second-order valence-electron chi connectivity index (χ2n) is 8.25. The summed E-state index contributed by atoms with van der Waals surface area (Å²) in [6, 6.07) is 3.78. The van der Waals surface area contributed by atoms with Gasteiger partial charge in [-0.15, -0.1) is 0 Å². The van der Waals surface area contributed by atoms with Gasteiger partial charge in [-0.2, -0.15) is 0 Å². The van der Waals surface area contributed by atoms with Crippen molar-refractivity contribution in [3.8, 4) is 0 Å². The van der Waals surface area contributed by atoms with E-state index in [1.807, 2.05) is 4.90 Å². The first-order valence-electron chi connectivity index (χ1n) is 9.38. The summed E-state index contributed by atoms with van der Waals surface area (Å²) in [6.45, 7) is 5.89. The molecule has 0 spiro atoms. The Labute approximate surface area is 148 Å². The molecule has 3 fully saturated rings. The van der Waals surface area contributed by atoms with E-state index in [-0.39, 0.29) is 29.6 Å². The van der Waals surface area contributed by atoms with E-state index in [4.69, 9.17) is 9.15 Å². The highest BCUT2D eigenvalue weighted by atomic mass is 16.5. The Kier molecular flexibility index (Phi) is 4.28. The summed E-state index contributed by atoms with van der Waals surface area (Å²) < 4.78 is 11.1. The van der Waals surface area contributed by atoms with Crippen molar-refractivity contribution < 1.29 is 19.1 Å². The van der Waals surface area contributed by atoms with Crippen molar-refractivity contribution in [2.45, 2.75) is 63.8 Å². The van der Waals surface area contributed by atoms with Gasteiger partial charge >= 0.3 is 6.03 Å². The summed E-state index contributed by atoms with van der Waals surface area (Å²) in [7, 11) is 0. The summed E-state index contributed by atoms with van der Waals surface area (Å²) >= 11 is 0. The lowest BCUT2D eigenvalue weighted by Crippen LogP contribution is -2.68. The number of furan rings is 1. The van der Waals surface area contributed by atoms with Crippen molar-refractivity contribution >= 4 is 6.03 Å². The van der Waals surface area contributed by atoms with E-state index in [9.17, 15) is 9.90 Å². The minimum atomic E-state index is -0.666. The molecule has 2 amide bonds. The second kappa shape index (κ2) is 6.32. The van der Waals surface area contributed by atoms with Crippen LogP contribution in [0.5, 0.6) is 0 Å². The van der Waals surface area contributed by atoms with Gasteiger partial charge in [0, 0.05) is 43.0 Å². The van der Waals surface area contributed by atoms with Crippen LogP contribution in [0.3, 0.4) is 0 Å². The number of carbonyl (C=O) groups is 1. The van der Waals surface area contributed by atoms with Crippen LogP contribution in [0, 0.1) is 11.3 Å². The molecule has 6 heteroatoms. The molecular formula is C19H28N2O4. The number of nitrogens with one attached hydrogen (secondary N) is 1. The van der Waals surface area contributed by atoms with Gasteiger partial charge in [0.1, 0.15) is 11.9 Å². The maximum atomic E-state index is 12.9. The van der Waals surface area contributed by atoms with Crippen LogP contribution in [0.25, 0.3) is 0 Å². The van der Waals surface area contributed by atoms with Crippen LogP contribution < -0.4 is 5.32 Å². The SMILES string of the molecule is CC1(C)[C@H](NC(=O)N2CCC[C@@H]2C[C@H](O)c2ccco2)[C@H]2CCO[C@H]21. The van der Waals surface area contributed by atoms with E-state index >= 15 is 0 Å². The first kappa shape index (κ1) is 16.9. The topological polar surface area (TPSA) is 74.9 Å². The average molecular weight is 348 g/mol. The Bertz CT molecular complexity index is 615. The maximum Gasteiger partial charge on any atom is 0.317 e. The fraction of sp³-hybridized carbons (Fsp3) is 0.737. The van der Waals surface area contributed by atoms with E-state index in [0.29, 0.717) is 18.1 Å². The molecule has 0 aromatic carbocycles. The third-order valence-electron chi connectivity index (χ3n) is 6.38. The number of hydrogen-bond donors (Lipinski definition) is 2. The minimum absolute atomic E-state index is 0.00225. The van der Waals surface area contributed by atoms with E-state index in [1.165, 1.54) is 0 Å². The second-order valence-corrected chi connectivity index (χ2v) is 8.25. The van der Waals surface area contributed by atoms with Crippen LogP contribution in [0.1, 0.15) is 51.4 Å². The van der Waals surface area contributed by atoms with Crippen molar-refractivity contribution in [1.29, 1.82) is 0 Å². The Morgan fingerprint density at radius 1 is 1.48 bits per heavy atom. The normalized spacial score (nSPS) is 34.4. The Morgan fingerprint density at radius 2 is 2.32 bits per heavy atom. The zero-order valence-corrected chi connectivity index (χ0v) is 15.0. The molecule has 2 N–H and O–H groups in total. The molecule has 0 radical (unpaired) electrons. The van der Waals surface area contributed by atoms with Gasteiger partial charge in [0.05, 0.1) is 12.4 Å². The number of likely N-dealkylation sites (tertiary alicyclic amines) is 1. The highest BCUT2D eigenvalue weighted by molar-refractivity contribution is 5.75. The molecular weight excluding hydrogens is 320 g/mol. The van der Waals surface area contributed by atoms with Crippen LogP contribution in [0.15, 0.2) is 22.8 Å².